The predicted octanol–water partition coefficient (Wildman–Crippen LogP) is 4.91. The number of nitrogens with zero attached hydrogens (tertiary/aromatic N) is 1. The number of rotatable bonds is 6. The Balaban J connectivity index is 1.90. The summed E-state index contributed by atoms with van der Waals surface area (Å²) >= 11 is 6.29. The third-order valence-corrected chi connectivity index (χ3v) is 3.97. The number of aromatic nitrogens is 1. The molecule has 0 spiro atoms. The first-order valence-corrected chi connectivity index (χ1v) is 8.18. The molecule has 4 nitrogen and oxygen atoms in total. The highest BCUT2D eigenvalue weighted by Gasteiger charge is 2.10. The molecule has 3 rings (SSSR count). The SMILES string of the molecule is CCNc1cc(OCc2ccc(OC)cc2)c2cccc(Cl)c2n1. The Morgan fingerprint density at radius 1 is 1.12 bits per heavy atom. The molecule has 5 heteroatoms. The van der Waals surface area contributed by atoms with Gasteiger partial charge in [-0.25, -0.2) is 4.98 Å². The fourth-order valence-electron chi connectivity index (χ4n) is 2.46. The van der Waals surface area contributed by atoms with Crippen LogP contribution in [0.4, 0.5) is 5.82 Å². The van der Waals surface area contributed by atoms with Crippen molar-refractivity contribution >= 4 is 28.3 Å². The number of hydrogen-bond acceptors (Lipinski definition) is 4. The Bertz CT molecular complexity index is 835. The predicted molar refractivity (Wildman–Crippen MR) is 98.2 cm³/mol. The van der Waals surface area contributed by atoms with Gasteiger partial charge in [-0.3, -0.25) is 0 Å². The molecule has 3 aromatic rings. The number of nitrogens with one attached hydrogen (secondary N) is 1. The Morgan fingerprint density at radius 3 is 2.62 bits per heavy atom. The van der Waals surface area contributed by atoms with Gasteiger partial charge in [0.1, 0.15) is 23.9 Å². The molecule has 0 radical (unpaired) electrons. The monoisotopic (exact) mass is 342 g/mol. The van der Waals surface area contributed by atoms with Crippen molar-refractivity contribution in [3.8, 4) is 11.5 Å². The summed E-state index contributed by atoms with van der Waals surface area (Å²) in [5, 5.41) is 4.73. The second-order valence-corrected chi connectivity index (χ2v) is 5.72. The minimum atomic E-state index is 0.460. The van der Waals surface area contributed by atoms with Crippen LogP contribution < -0.4 is 14.8 Å². The lowest BCUT2D eigenvalue weighted by molar-refractivity contribution is 0.309. The Hall–Kier alpha value is -2.46. The van der Waals surface area contributed by atoms with Crippen molar-refractivity contribution in [1.82, 2.24) is 4.98 Å². The van der Waals surface area contributed by atoms with E-state index in [9.17, 15) is 0 Å². The van der Waals surface area contributed by atoms with E-state index in [2.05, 4.69) is 10.3 Å². The van der Waals surface area contributed by atoms with E-state index in [0.717, 1.165) is 40.3 Å². The van der Waals surface area contributed by atoms with Crippen LogP contribution in [0.1, 0.15) is 12.5 Å². The fraction of sp³-hybridized carbons (Fsp3) is 0.211. The number of fused-ring (bicyclic) bond motifs is 1. The minimum Gasteiger partial charge on any atom is -0.497 e. The van der Waals surface area contributed by atoms with Gasteiger partial charge < -0.3 is 14.8 Å². The molecule has 0 aliphatic heterocycles. The van der Waals surface area contributed by atoms with Crippen molar-refractivity contribution in [3.63, 3.8) is 0 Å². The summed E-state index contributed by atoms with van der Waals surface area (Å²) < 4.78 is 11.2. The molecule has 1 N–H and O–H groups in total. The van der Waals surface area contributed by atoms with Gasteiger partial charge in [0.05, 0.1) is 17.6 Å². The molecule has 0 aliphatic rings. The first-order valence-electron chi connectivity index (χ1n) is 7.80. The number of hydrogen-bond donors (Lipinski definition) is 1. The van der Waals surface area contributed by atoms with Crippen molar-refractivity contribution in [3.05, 3.63) is 59.1 Å². The molecule has 1 aromatic heterocycles. The van der Waals surface area contributed by atoms with Crippen LogP contribution in [0.15, 0.2) is 48.5 Å². The third kappa shape index (κ3) is 3.54. The maximum Gasteiger partial charge on any atom is 0.132 e. The number of pyridine rings is 1. The van der Waals surface area contributed by atoms with Gasteiger partial charge in [0.2, 0.25) is 0 Å². The molecule has 0 aliphatic carbocycles. The van der Waals surface area contributed by atoms with Gasteiger partial charge in [-0.1, -0.05) is 29.8 Å². The van der Waals surface area contributed by atoms with Gasteiger partial charge in [0, 0.05) is 18.0 Å². The maximum atomic E-state index is 6.29. The number of anilines is 1. The molecule has 24 heavy (non-hydrogen) atoms. The summed E-state index contributed by atoms with van der Waals surface area (Å²) in [5.74, 6) is 2.34. The maximum absolute atomic E-state index is 6.29. The van der Waals surface area contributed by atoms with Crippen LogP contribution in [-0.4, -0.2) is 18.6 Å². The molecule has 1 heterocycles. The van der Waals surface area contributed by atoms with E-state index in [1.807, 2.05) is 55.5 Å². The van der Waals surface area contributed by atoms with Crippen LogP contribution in [-0.2, 0) is 6.61 Å². The van der Waals surface area contributed by atoms with Crippen molar-refractivity contribution in [2.75, 3.05) is 19.0 Å². The zero-order chi connectivity index (χ0) is 16.9. The third-order valence-electron chi connectivity index (χ3n) is 3.66. The highest BCUT2D eigenvalue weighted by Crippen LogP contribution is 2.32. The molecule has 0 saturated heterocycles. The highest BCUT2D eigenvalue weighted by atomic mass is 35.5. The number of para-hydroxylation sites is 1. The fourth-order valence-corrected chi connectivity index (χ4v) is 2.67. The number of halogens is 1. The van der Waals surface area contributed by atoms with Gasteiger partial charge in [0.25, 0.3) is 0 Å². The van der Waals surface area contributed by atoms with E-state index in [4.69, 9.17) is 21.1 Å². The topological polar surface area (TPSA) is 43.4 Å². The van der Waals surface area contributed by atoms with E-state index in [1.165, 1.54) is 0 Å². The molecule has 0 amide bonds. The summed E-state index contributed by atoms with van der Waals surface area (Å²) in [4.78, 5) is 4.56. The quantitative estimate of drug-likeness (QED) is 0.691. The first-order chi connectivity index (χ1) is 11.7. The van der Waals surface area contributed by atoms with Crippen molar-refractivity contribution in [2.24, 2.45) is 0 Å². The summed E-state index contributed by atoms with van der Waals surface area (Å²) in [7, 11) is 1.65. The first kappa shape index (κ1) is 16.4. The van der Waals surface area contributed by atoms with Crippen molar-refractivity contribution in [2.45, 2.75) is 13.5 Å². The second-order valence-electron chi connectivity index (χ2n) is 5.31. The molecule has 0 unspecified atom stereocenters. The van der Waals surface area contributed by atoms with Crippen LogP contribution >= 0.6 is 11.6 Å². The molecule has 2 aromatic carbocycles. The van der Waals surface area contributed by atoms with E-state index in [1.54, 1.807) is 7.11 Å². The molecular weight excluding hydrogens is 324 g/mol. The largest absolute Gasteiger partial charge is 0.497 e. The molecule has 0 saturated carbocycles. The van der Waals surface area contributed by atoms with Gasteiger partial charge in [0.15, 0.2) is 0 Å². The van der Waals surface area contributed by atoms with Crippen LogP contribution in [0, 0.1) is 0 Å². The van der Waals surface area contributed by atoms with Crippen LogP contribution in [0.2, 0.25) is 5.02 Å². The summed E-state index contributed by atoms with van der Waals surface area (Å²) in [6.45, 7) is 3.26. The van der Waals surface area contributed by atoms with E-state index < -0.39 is 0 Å². The second kappa shape index (κ2) is 7.41. The Labute approximate surface area is 146 Å². The minimum absolute atomic E-state index is 0.460. The highest BCUT2D eigenvalue weighted by molar-refractivity contribution is 6.35. The number of benzene rings is 2. The number of methoxy groups -OCH3 is 1. The lowest BCUT2D eigenvalue weighted by Crippen LogP contribution is -2.02. The number of ether oxygens (including phenoxy) is 2. The standard InChI is InChI=1S/C19H19ClN2O2/c1-3-21-18-11-17(15-5-4-6-16(20)19(15)22-18)24-12-13-7-9-14(23-2)10-8-13/h4-11H,3,12H2,1-2H3,(H,21,22). The van der Waals surface area contributed by atoms with Gasteiger partial charge in [-0.15, -0.1) is 0 Å². The molecule has 0 fully saturated rings. The van der Waals surface area contributed by atoms with E-state index in [-0.39, 0.29) is 0 Å². The lowest BCUT2D eigenvalue weighted by Gasteiger charge is -2.13. The van der Waals surface area contributed by atoms with Gasteiger partial charge >= 0.3 is 0 Å². The zero-order valence-corrected chi connectivity index (χ0v) is 14.4. The van der Waals surface area contributed by atoms with E-state index >= 15 is 0 Å². The smallest absolute Gasteiger partial charge is 0.132 e. The summed E-state index contributed by atoms with van der Waals surface area (Å²) in [6.07, 6.45) is 0. The summed E-state index contributed by atoms with van der Waals surface area (Å²) in [6, 6.07) is 15.4. The van der Waals surface area contributed by atoms with Gasteiger partial charge in [-0.2, -0.15) is 0 Å². The molecule has 0 atom stereocenters. The average molecular weight is 343 g/mol. The van der Waals surface area contributed by atoms with Crippen molar-refractivity contribution in [1.29, 1.82) is 0 Å². The van der Waals surface area contributed by atoms with E-state index in [0.29, 0.717) is 11.6 Å². The normalized spacial score (nSPS) is 10.6. The van der Waals surface area contributed by atoms with Crippen LogP contribution in [0.3, 0.4) is 0 Å². The summed E-state index contributed by atoms with van der Waals surface area (Å²) in [5.41, 5.74) is 1.80. The van der Waals surface area contributed by atoms with Crippen LogP contribution in [0.5, 0.6) is 11.5 Å². The Morgan fingerprint density at radius 2 is 1.92 bits per heavy atom. The zero-order valence-electron chi connectivity index (χ0n) is 13.7. The lowest BCUT2D eigenvalue weighted by atomic mass is 10.2. The molecule has 124 valence electrons. The van der Waals surface area contributed by atoms with Crippen molar-refractivity contribution < 1.29 is 9.47 Å². The average Bonchev–Trinajstić information content (AvgIpc) is 2.61. The van der Waals surface area contributed by atoms with Crippen LogP contribution in [0.25, 0.3) is 10.9 Å². The molecule has 0 bridgehead atoms. The Kier molecular flexibility index (Phi) is 5.06. The van der Waals surface area contributed by atoms with Gasteiger partial charge in [-0.05, 0) is 36.8 Å². The molecular formula is C19H19ClN2O2.